The maximum Gasteiger partial charge on any atom is 0.0121 e. The molecule has 2 rings (SSSR count). The van der Waals surface area contributed by atoms with E-state index in [9.17, 15) is 0 Å². The van der Waals surface area contributed by atoms with Crippen LogP contribution in [0.4, 0.5) is 0 Å². The fourth-order valence-corrected chi connectivity index (χ4v) is 3.90. The van der Waals surface area contributed by atoms with Gasteiger partial charge in [-0.2, -0.15) is 0 Å². The van der Waals surface area contributed by atoms with Crippen LogP contribution in [0, 0.1) is 17.3 Å². The predicted octanol–water partition coefficient (Wildman–Crippen LogP) is 4.37. The Labute approximate surface area is 108 Å². The molecule has 0 heterocycles. The van der Waals surface area contributed by atoms with Gasteiger partial charge in [0, 0.05) is 12.1 Å². The molecule has 100 valence electrons. The molecule has 0 saturated heterocycles. The summed E-state index contributed by atoms with van der Waals surface area (Å²) >= 11 is 0. The zero-order chi connectivity index (χ0) is 12.5. The van der Waals surface area contributed by atoms with Gasteiger partial charge in [-0.05, 0) is 42.9 Å². The Hall–Kier alpha value is -0.0400. The summed E-state index contributed by atoms with van der Waals surface area (Å²) in [7, 11) is 0. The summed E-state index contributed by atoms with van der Waals surface area (Å²) in [6.07, 6.45) is 9.96. The van der Waals surface area contributed by atoms with Crippen LogP contribution in [0.5, 0.6) is 0 Å². The molecule has 2 saturated carbocycles. The van der Waals surface area contributed by atoms with Crippen molar-refractivity contribution in [1.82, 2.24) is 5.32 Å². The Bertz CT molecular complexity index is 244. The lowest BCUT2D eigenvalue weighted by Gasteiger charge is -2.37. The van der Waals surface area contributed by atoms with Crippen molar-refractivity contribution in [2.24, 2.45) is 17.3 Å². The van der Waals surface area contributed by atoms with Gasteiger partial charge in [0.15, 0.2) is 0 Å². The number of hydrogen-bond acceptors (Lipinski definition) is 1. The number of rotatable bonds is 3. The minimum atomic E-state index is 0.533. The van der Waals surface area contributed by atoms with Gasteiger partial charge in [0.25, 0.3) is 0 Å². The second kappa shape index (κ2) is 5.30. The van der Waals surface area contributed by atoms with Gasteiger partial charge in [0.05, 0.1) is 0 Å². The van der Waals surface area contributed by atoms with Crippen molar-refractivity contribution < 1.29 is 0 Å². The quantitative estimate of drug-likeness (QED) is 0.768. The van der Waals surface area contributed by atoms with Crippen molar-refractivity contribution in [2.75, 3.05) is 0 Å². The third-order valence-corrected chi connectivity index (χ3v) is 5.35. The first-order chi connectivity index (χ1) is 7.99. The molecule has 1 heteroatoms. The van der Waals surface area contributed by atoms with Gasteiger partial charge in [-0.25, -0.2) is 0 Å². The van der Waals surface area contributed by atoms with Crippen LogP contribution >= 0.6 is 0 Å². The van der Waals surface area contributed by atoms with Crippen molar-refractivity contribution in [2.45, 2.75) is 84.7 Å². The first-order valence-electron chi connectivity index (χ1n) is 7.75. The van der Waals surface area contributed by atoms with E-state index in [1.807, 2.05) is 0 Å². The van der Waals surface area contributed by atoms with Crippen molar-refractivity contribution in [3.8, 4) is 0 Å². The van der Waals surface area contributed by atoms with Crippen LogP contribution in [0.25, 0.3) is 0 Å². The lowest BCUT2D eigenvalue weighted by atomic mass is 9.78. The van der Waals surface area contributed by atoms with Crippen LogP contribution < -0.4 is 5.32 Å². The smallest absolute Gasteiger partial charge is 0.0121 e. The average Bonchev–Trinajstić information content (AvgIpc) is 2.59. The van der Waals surface area contributed by atoms with E-state index >= 15 is 0 Å². The summed E-state index contributed by atoms with van der Waals surface area (Å²) < 4.78 is 0. The third kappa shape index (κ3) is 3.24. The highest BCUT2D eigenvalue weighted by atomic mass is 15.0. The van der Waals surface area contributed by atoms with Gasteiger partial charge in [-0.15, -0.1) is 0 Å². The van der Waals surface area contributed by atoms with Crippen LogP contribution in [0.3, 0.4) is 0 Å². The van der Waals surface area contributed by atoms with E-state index in [4.69, 9.17) is 0 Å². The maximum atomic E-state index is 3.99. The van der Waals surface area contributed by atoms with Crippen molar-refractivity contribution in [3.63, 3.8) is 0 Å². The summed E-state index contributed by atoms with van der Waals surface area (Å²) in [6, 6.07) is 1.58. The molecular weight excluding hydrogens is 206 g/mol. The van der Waals surface area contributed by atoms with Gasteiger partial charge in [-0.1, -0.05) is 47.0 Å². The summed E-state index contributed by atoms with van der Waals surface area (Å²) in [5.41, 5.74) is 0.533. The lowest BCUT2D eigenvalue weighted by molar-refractivity contribution is 0.189. The molecule has 3 unspecified atom stereocenters. The van der Waals surface area contributed by atoms with E-state index < -0.39 is 0 Å². The molecule has 0 spiro atoms. The summed E-state index contributed by atoms with van der Waals surface area (Å²) in [4.78, 5) is 0. The monoisotopic (exact) mass is 237 g/mol. The SMILES string of the molecule is CC(C)C1CCCC(NC2CCCC2(C)C)C1. The van der Waals surface area contributed by atoms with E-state index in [0.29, 0.717) is 5.41 Å². The molecule has 2 fully saturated rings. The van der Waals surface area contributed by atoms with Gasteiger partial charge in [-0.3, -0.25) is 0 Å². The Morgan fingerprint density at radius 2 is 1.82 bits per heavy atom. The first-order valence-corrected chi connectivity index (χ1v) is 7.75. The second-order valence-corrected chi connectivity index (χ2v) is 7.47. The third-order valence-electron chi connectivity index (χ3n) is 5.35. The molecule has 1 N–H and O–H groups in total. The van der Waals surface area contributed by atoms with Crippen LogP contribution in [0.1, 0.15) is 72.6 Å². The molecule has 0 amide bonds. The molecule has 0 radical (unpaired) electrons. The second-order valence-electron chi connectivity index (χ2n) is 7.47. The van der Waals surface area contributed by atoms with Crippen LogP contribution in [-0.2, 0) is 0 Å². The van der Waals surface area contributed by atoms with E-state index in [2.05, 4.69) is 33.0 Å². The van der Waals surface area contributed by atoms with Crippen LogP contribution in [0.15, 0.2) is 0 Å². The van der Waals surface area contributed by atoms with Gasteiger partial charge in [0.2, 0.25) is 0 Å². The predicted molar refractivity (Wildman–Crippen MR) is 75.1 cm³/mol. The standard InChI is InChI=1S/C16H31N/c1-12(2)13-7-5-8-14(11-13)17-15-9-6-10-16(15,3)4/h12-15,17H,5-11H2,1-4H3. The number of nitrogens with one attached hydrogen (secondary N) is 1. The van der Waals surface area contributed by atoms with E-state index in [1.54, 1.807) is 0 Å². The average molecular weight is 237 g/mol. The zero-order valence-electron chi connectivity index (χ0n) is 12.3. The topological polar surface area (TPSA) is 12.0 Å². The van der Waals surface area contributed by atoms with E-state index in [0.717, 1.165) is 23.9 Å². The van der Waals surface area contributed by atoms with Crippen LogP contribution in [-0.4, -0.2) is 12.1 Å². The Balaban J connectivity index is 1.86. The fraction of sp³-hybridized carbons (Fsp3) is 1.00. The Morgan fingerprint density at radius 1 is 1.06 bits per heavy atom. The highest BCUT2D eigenvalue weighted by Gasteiger charge is 2.36. The summed E-state index contributed by atoms with van der Waals surface area (Å²) in [6.45, 7) is 9.68. The molecule has 0 bridgehead atoms. The fourth-order valence-electron chi connectivity index (χ4n) is 3.90. The van der Waals surface area contributed by atoms with Crippen molar-refractivity contribution >= 4 is 0 Å². The summed E-state index contributed by atoms with van der Waals surface area (Å²) in [5, 5.41) is 3.99. The normalized spacial score (nSPS) is 37.6. The number of hydrogen-bond donors (Lipinski definition) is 1. The summed E-state index contributed by atoms with van der Waals surface area (Å²) in [5.74, 6) is 1.84. The van der Waals surface area contributed by atoms with Crippen molar-refractivity contribution in [1.29, 1.82) is 0 Å². The maximum absolute atomic E-state index is 3.99. The lowest BCUT2D eigenvalue weighted by Crippen LogP contribution is -2.46. The largest absolute Gasteiger partial charge is 0.311 e. The van der Waals surface area contributed by atoms with E-state index in [1.165, 1.54) is 44.9 Å². The van der Waals surface area contributed by atoms with Crippen molar-refractivity contribution in [3.05, 3.63) is 0 Å². The molecule has 2 aliphatic carbocycles. The highest BCUT2D eigenvalue weighted by Crippen LogP contribution is 2.39. The van der Waals surface area contributed by atoms with Gasteiger partial charge >= 0.3 is 0 Å². The van der Waals surface area contributed by atoms with Gasteiger partial charge in [0.1, 0.15) is 0 Å². The molecule has 0 aromatic heterocycles. The molecule has 2 aliphatic rings. The van der Waals surface area contributed by atoms with Gasteiger partial charge < -0.3 is 5.32 Å². The Morgan fingerprint density at radius 3 is 2.41 bits per heavy atom. The molecule has 3 atom stereocenters. The molecule has 0 aliphatic heterocycles. The molecule has 0 aromatic carbocycles. The molecular formula is C16H31N. The Kier molecular flexibility index (Phi) is 4.18. The molecule has 0 aromatic rings. The molecule has 1 nitrogen and oxygen atoms in total. The van der Waals surface area contributed by atoms with Crippen LogP contribution in [0.2, 0.25) is 0 Å². The minimum Gasteiger partial charge on any atom is -0.311 e. The first kappa shape index (κ1) is 13.4. The minimum absolute atomic E-state index is 0.533. The zero-order valence-corrected chi connectivity index (χ0v) is 12.3. The van der Waals surface area contributed by atoms with E-state index in [-0.39, 0.29) is 0 Å². The molecule has 17 heavy (non-hydrogen) atoms. The highest BCUT2D eigenvalue weighted by molar-refractivity contribution is 4.93.